The van der Waals surface area contributed by atoms with Gasteiger partial charge in [0.05, 0.1) is 12.7 Å². The average molecular weight is 287 g/mol. The molecule has 0 atom stereocenters. The Morgan fingerprint density at radius 2 is 1.95 bits per heavy atom. The summed E-state index contributed by atoms with van der Waals surface area (Å²) in [6.07, 6.45) is 0. The zero-order valence-corrected chi connectivity index (χ0v) is 11.9. The van der Waals surface area contributed by atoms with Crippen molar-refractivity contribution in [2.45, 2.75) is 6.92 Å². The molecule has 0 bridgehead atoms. The number of benzene rings is 2. The fraction of sp³-hybridized carbons (Fsp3) is 0.188. The van der Waals surface area contributed by atoms with Crippen LogP contribution in [0.5, 0.6) is 17.2 Å². The van der Waals surface area contributed by atoms with Gasteiger partial charge in [0, 0.05) is 18.3 Å². The fourth-order valence-corrected chi connectivity index (χ4v) is 2.06. The van der Waals surface area contributed by atoms with Crippen molar-refractivity contribution in [3.63, 3.8) is 0 Å². The normalized spacial score (nSPS) is 10.2. The molecule has 5 heteroatoms. The molecule has 1 amide bonds. The SMILES string of the molecule is CCN(C(=O)c1cc(OC)ccc1O)c1cccc(O)c1. The lowest BCUT2D eigenvalue weighted by Gasteiger charge is -2.22. The van der Waals surface area contributed by atoms with Crippen LogP contribution in [0.1, 0.15) is 17.3 Å². The summed E-state index contributed by atoms with van der Waals surface area (Å²) >= 11 is 0. The van der Waals surface area contributed by atoms with Crippen molar-refractivity contribution in [2.24, 2.45) is 0 Å². The minimum Gasteiger partial charge on any atom is -0.508 e. The predicted molar refractivity (Wildman–Crippen MR) is 80.1 cm³/mol. The highest BCUT2D eigenvalue weighted by molar-refractivity contribution is 6.08. The van der Waals surface area contributed by atoms with Crippen LogP contribution in [-0.2, 0) is 0 Å². The van der Waals surface area contributed by atoms with Gasteiger partial charge in [-0.2, -0.15) is 0 Å². The third kappa shape index (κ3) is 3.08. The summed E-state index contributed by atoms with van der Waals surface area (Å²) < 4.78 is 5.08. The Hall–Kier alpha value is -2.69. The molecule has 0 unspecified atom stereocenters. The van der Waals surface area contributed by atoms with Gasteiger partial charge in [-0.3, -0.25) is 4.79 Å². The van der Waals surface area contributed by atoms with E-state index in [0.717, 1.165) is 0 Å². The molecule has 2 aromatic rings. The number of aromatic hydroxyl groups is 2. The second-order valence-corrected chi connectivity index (χ2v) is 4.45. The molecule has 0 aliphatic heterocycles. The molecular formula is C16H17NO4. The van der Waals surface area contributed by atoms with E-state index in [1.165, 1.54) is 36.3 Å². The molecule has 2 rings (SSSR count). The van der Waals surface area contributed by atoms with Crippen molar-refractivity contribution in [1.29, 1.82) is 0 Å². The van der Waals surface area contributed by atoms with Crippen LogP contribution in [-0.4, -0.2) is 29.8 Å². The fourth-order valence-electron chi connectivity index (χ4n) is 2.06. The second kappa shape index (κ2) is 6.17. The van der Waals surface area contributed by atoms with E-state index in [1.54, 1.807) is 18.2 Å². The van der Waals surface area contributed by atoms with Crippen LogP contribution in [0.25, 0.3) is 0 Å². The molecule has 0 aliphatic carbocycles. The number of phenolic OH excluding ortho intramolecular Hbond substituents is 2. The first-order valence-electron chi connectivity index (χ1n) is 6.54. The van der Waals surface area contributed by atoms with E-state index < -0.39 is 0 Å². The number of amides is 1. The van der Waals surface area contributed by atoms with Crippen LogP contribution in [0.4, 0.5) is 5.69 Å². The molecule has 2 N–H and O–H groups in total. The van der Waals surface area contributed by atoms with Crippen LogP contribution in [0.3, 0.4) is 0 Å². The van der Waals surface area contributed by atoms with Crippen molar-refractivity contribution in [3.05, 3.63) is 48.0 Å². The smallest absolute Gasteiger partial charge is 0.262 e. The van der Waals surface area contributed by atoms with Gasteiger partial charge in [0.1, 0.15) is 17.2 Å². The van der Waals surface area contributed by atoms with Gasteiger partial charge in [0.15, 0.2) is 0 Å². The summed E-state index contributed by atoms with van der Waals surface area (Å²) in [5, 5.41) is 19.4. The van der Waals surface area contributed by atoms with Gasteiger partial charge in [0.25, 0.3) is 5.91 Å². The number of hydrogen-bond donors (Lipinski definition) is 2. The third-order valence-corrected chi connectivity index (χ3v) is 3.14. The van der Waals surface area contributed by atoms with Crippen LogP contribution in [0.15, 0.2) is 42.5 Å². The van der Waals surface area contributed by atoms with Crippen LogP contribution < -0.4 is 9.64 Å². The van der Waals surface area contributed by atoms with Crippen LogP contribution in [0.2, 0.25) is 0 Å². The maximum atomic E-state index is 12.6. The number of anilines is 1. The summed E-state index contributed by atoms with van der Waals surface area (Å²) in [5.41, 5.74) is 0.712. The molecule has 0 aromatic heterocycles. The van der Waals surface area contributed by atoms with Crippen molar-refractivity contribution in [1.82, 2.24) is 0 Å². The van der Waals surface area contributed by atoms with Crippen LogP contribution >= 0.6 is 0 Å². The highest BCUT2D eigenvalue weighted by Crippen LogP contribution is 2.27. The Bertz CT molecular complexity index is 654. The predicted octanol–water partition coefficient (Wildman–Crippen LogP) is 2.77. The molecule has 0 spiro atoms. The van der Waals surface area contributed by atoms with Gasteiger partial charge in [-0.05, 0) is 37.3 Å². The van der Waals surface area contributed by atoms with Gasteiger partial charge < -0.3 is 19.8 Å². The Kier molecular flexibility index (Phi) is 4.33. The molecule has 110 valence electrons. The van der Waals surface area contributed by atoms with Crippen LogP contribution in [0, 0.1) is 0 Å². The molecule has 0 saturated carbocycles. The first kappa shape index (κ1) is 14.7. The standard InChI is InChI=1S/C16H17NO4/c1-3-17(11-5-4-6-12(18)9-11)16(20)14-10-13(21-2)7-8-15(14)19/h4-10,18-19H,3H2,1-2H3. The number of carbonyl (C=O) groups is 1. The van der Waals surface area contributed by atoms with E-state index in [1.807, 2.05) is 6.92 Å². The highest BCUT2D eigenvalue weighted by Gasteiger charge is 2.20. The molecule has 2 aromatic carbocycles. The summed E-state index contributed by atoms with van der Waals surface area (Å²) in [4.78, 5) is 14.1. The number of carbonyl (C=O) groups excluding carboxylic acids is 1. The summed E-state index contributed by atoms with van der Waals surface area (Å²) in [7, 11) is 1.49. The maximum absolute atomic E-state index is 12.6. The van der Waals surface area contributed by atoms with E-state index in [9.17, 15) is 15.0 Å². The van der Waals surface area contributed by atoms with Gasteiger partial charge >= 0.3 is 0 Å². The third-order valence-electron chi connectivity index (χ3n) is 3.14. The number of hydrogen-bond acceptors (Lipinski definition) is 4. The summed E-state index contributed by atoms with van der Waals surface area (Å²) in [6.45, 7) is 2.22. The number of rotatable bonds is 4. The number of methoxy groups -OCH3 is 1. The topological polar surface area (TPSA) is 70.0 Å². The second-order valence-electron chi connectivity index (χ2n) is 4.45. The Labute approximate surface area is 123 Å². The lowest BCUT2D eigenvalue weighted by molar-refractivity contribution is 0.0985. The summed E-state index contributed by atoms with van der Waals surface area (Å²) in [6, 6.07) is 10.9. The molecule has 0 heterocycles. The molecular weight excluding hydrogens is 270 g/mol. The Morgan fingerprint density at radius 3 is 2.57 bits per heavy atom. The lowest BCUT2D eigenvalue weighted by atomic mass is 10.1. The molecule has 0 aliphatic rings. The van der Waals surface area contributed by atoms with Crippen molar-refractivity contribution in [3.8, 4) is 17.2 Å². The van der Waals surface area contributed by atoms with Crippen molar-refractivity contribution in [2.75, 3.05) is 18.6 Å². The molecule has 21 heavy (non-hydrogen) atoms. The Morgan fingerprint density at radius 1 is 1.19 bits per heavy atom. The average Bonchev–Trinajstić information content (AvgIpc) is 2.48. The van der Waals surface area contributed by atoms with E-state index in [0.29, 0.717) is 18.0 Å². The zero-order valence-electron chi connectivity index (χ0n) is 11.9. The lowest BCUT2D eigenvalue weighted by Crippen LogP contribution is -2.30. The molecule has 0 radical (unpaired) electrons. The van der Waals surface area contributed by atoms with Gasteiger partial charge in [0.2, 0.25) is 0 Å². The number of nitrogens with zero attached hydrogens (tertiary/aromatic N) is 1. The largest absolute Gasteiger partial charge is 0.508 e. The van der Waals surface area contributed by atoms with Crippen molar-refractivity contribution >= 4 is 11.6 Å². The van der Waals surface area contributed by atoms with E-state index in [4.69, 9.17) is 4.74 Å². The first-order chi connectivity index (χ1) is 10.1. The van der Waals surface area contributed by atoms with E-state index >= 15 is 0 Å². The summed E-state index contributed by atoms with van der Waals surface area (Å²) in [5.74, 6) is 0.0932. The van der Waals surface area contributed by atoms with Crippen molar-refractivity contribution < 1.29 is 19.7 Å². The number of phenols is 2. The minimum absolute atomic E-state index is 0.0774. The molecule has 0 fully saturated rings. The maximum Gasteiger partial charge on any atom is 0.262 e. The van der Waals surface area contributed by atoms with Gasteiger partial charge in [-0.15, -0.1) is 0 Å². The molecule has 5 nitrogen and oxygen atoms in total. The Balaban J connectivity index is 2.41. The van der Waals surface area contributed by atoms with Gasteiger partial charge in [-0.25, -0.2) is 0 Å². The highest BCUT2D eigenvalue weighted by atomic mass is 16.5. The minimum atomic E-state index is -0.362. The van der Waals surface area contributed by atoms with Gasteiger partial charge in [-0.1, -0.05) is 6.07 Å². The molecule has 0 saturated heterocycles. The first-order valence-corrected chi connectivity index (χ1v) is 6.54. The van der Waals surface area contributed by atoms with E-state index in [-0.39, 0.29) is 23.0 Å². The quantitative estimate of drug-likeness (QED) is 0.907. The zero-order chi connectivity index (χ0) is 15.4. The van der Waals surface area contributed by atoms with E-state index in [2.05, 4.69) is 0 Å². The monoisotopic (exact) mass is 287 g/mol. The number of ether oxygens (including phenoxy) is 1.